The van der Waals surface area contributed by atoms with Gasteiger partial charge in [0.2, 0.25) is 0 Å². The first-order valence-electron chi connectivity index (χ1n) is 8.42. The third-order valence-electron chi connectivity index (χ3n) is 2.98. The Kier molecular flexibility index (Phi) is 12.2. The number of carbonyl (C=O) groups is 2. The molecule has 6 heteroatoms. The van der Waals surface area contributed by atoms with E-state index in [1.807, 2.05) is 0 Å². The third-order valence-corrected chi connectivity index (χ3v) is 2.98. The SMILES string of the molecule is C=C(C)C(=O)OCCCOCC(C)(C)COCCCOC(=O)CC. The predicted molar refractivity (Wildman–Crippen MR) is 91.7 cm³/mol. The van der Waals surface area contributed by atoms with Crippen LogP contribution in [0.3, 0.4) is 0 Å². The highest BCUT2D eigenvalue weighted by molar-refractivity contribution is 5.86. The van der Waals surface area contributed by atoms with Crippen LogP contribution < -0.4 is 0 Å². The van der Waals surface area contributed by atoms with E-state index in [4.69, 9.17) is 18.9 Å². The Morgan fingerprint density at radius 3 is 1.88 bits per heavy atom. The van der Waals surface area contributed by atoms with Crippen molar-refractivity contribution in [2.45, 2.75) is 47.0 Å². The zero-order valence-electron chi connectivity index (χ0n) is 15.5. The van der Waals surface area contributed by atoms with E-state index in [1.54, 1.807) is 13.8 Å². The van der Waals surface area contributed by atoms with Gasteiger partial charge in [-0.15, -0.1) is 0 Å². The van der Waals surface area contributed by atoms with E-state index in [0.29, 0.717) is 64.5 Å². The lowest BCUT2D eigenvalue weighted by molar-refractivity contribution is -0.143. The zero-order chi connectivity index (χ0) is 18.4. The van der Waals surface area contributed by atoms with E-state index in [2.05, 4.69) is 20.4 Å². The zero-order valence-corrected chi connectivity index (χ0v) is 15.5. The summed E-state index contributed by atoms with van der Waals surface area (Å²) < 4.78 is 21.2. The molecule has 0 amide bonds. The highest BCUT2D eigenvalue weighted by Gasteiger charge is 2.18. The van der Waals surface area contributed by atoms with Crippen molar-refractivity contribution in [2.75, 3.05) is 39.6 Å². The summed E-state index contributed by atoms with van der Waals surface area (Å²) in [6.45, 7) is 14.0. The maximum atomic E-state index is 11.2. The van der Waals surface area contributed by atoms with Crippen LogP contribution in [0.25, 0.3) is 0 Å². The van der Waals surface area contributed by atoms with Crippen LogP contribution in [0, 0.1) is 5.41 Å². The molecular weight excluding hydrogens is 312 g/mol. The summed E-state index contributed by atoms with van der Waals surface area (Å²) in [6, 6.07) is 0. The number of esters is 2. The molecule has 0 atom stereocenters. The molecule has 0 spiro atoms. The standard InChI is InChI=1S/C18H32O6/c1-6-16(19)23-11-7-9-21-13-18(4,5)14-22-10-8-12-24-17(20)15(2)3/h2,6-14H2,1,3-5H3. The molecule has 0 fully saturated rings. The second kappa shape index (κ2) is 13.0. The molecule has 0 heterocycles. The van der Waals surface area contributed by atoms with Gasteiger partial charge in [-0.05, 0) is 6.92 Å². The van der Waals surface area contributed by atoms with Gasteiger partial charge in [0.1, 0.15) is 0 Å². The van der Waals surface area contributed by atoms with E-state index >= 15 is 0 Å². The predicted octanol–water partition coefficient (Wildman–Crippen LogP) is 2.90. The Balaban J connectivity index is 3.56. The fourth-order valence-electron chi connectivity index (χ4n) is 1.64. The Labute approximate surface area is 145 Å². The van der Waals surface area contributed by atoms with E-state index in [9.17, 15) is 9.59 Å². The van der Waals surface area contributed by atoms with Gasteiger partial charge >= 0.3 is 11.9 Å². The van der Waals surface area contributed by atoms with Crippen molar-refractivity contribution in [1.29, 1.82) is 0 Å². The Morgan fingerprint density at radius 2 is 1.42 bits per heavy atom. The van der Waals surface area contributed by atoms with Crippen LogP contribution in [0.2, 0.25) is 0 Å². The summed E-state index contributed by atoms with van der Waals surface area (Å²) >= 11 is 0. The lowest BCUT2D eigenvalue weighted by Crippen LogP contribution is -2.26. The summed E-state index contributed by atoms with van der Waals surface area (Å²) in [4.78, 5) is 22.1. The minimum Gasteiger partial charge on any atom is -0.466 e. The first kappa shape index (κ1) is 22.6. The number of ether oxygens (including phenoxy) is 4. The lowest BCUT2D eigenvalue weighted by atomic mass is 9.96. The topological polar surface area (TPSA) is 71.1 Å². The number of rotatable bonds is 14. The van der Waals surface area contributed by atoms with Crippen molar-refractivity contribution in [3.05, 3.63) is 12.2 Å². The van der Waals surface area contributed by atoms with Crippen LogP contribution in [-0.2, 0) is 28.5 Å². The molecule has 0 saturated heterocycles. The van der Waals surface area contributed by atoms with Crippen LogP contribution in [0.5, 0.6) is 0 Å². The highest BCUT2D eigenvalue weighted by Crippen LogP contribution is 2.16. The minimum absolute atomic E-state index is 0.103. The van der Waals surface area contributed by atoms with Gasteiger partial charge in [0.15, 0.2) is 0 Å². The monoisotopic (exact) mass is 344 g/mol. The van der Waals surface area contributed by atoms with Crippen molar-refractivity contribution in [2.24, 2.45) is 5.41 Å². The molecule has 0 radical (unpaired) electrons. The van der Waals surface area contributed by atoms with Gasteiger partial charge < -0.3 is 18.9 Å². The number of carbonyl (C=O) groups excluding carboxylic acids is 2. The maximum absolute atomic E-state index is 11.2. The second-order valence-electron chi connectivity index (χ2n) is 6.47. The normalized spacial score (nSPS) is 11.2. The van der Waals surface area contributed by atoms with E-state index in [0.717, 1.165) is 0 Å². The van der Waals surface area contributed by atoms with Crippen molar-refractivity contribution < 1.29 is 28.5 Å². The molecule has 140 valence electrons. The van der Waals surface area contributed by atoms with Crippen LogP contribution in [0.4, 0.5) is 0 Å². The molecule has 24 heavy (non-hydrogen) atoms. The first-order valence-corrected chi connectivity index (χ1v) is 8.42. The van der Waals surface area contributed by atoms with Crippen molar-refractivity contribution in [1.82, 2.24) is 0 Å². The largest absolute Gasteiger partial charge is 0.466 e. The number of hydrogen-bond donors (Lipinski definition) is 0. The summed E-state index contributed by atoms with van der Waals surface area (Å²) in [5.74, 6) is -0.550. The molecule has 0 aliphatic carbocycles. The first-order chi connectivity index (χ1) is 11.3. The van der Waals surface area contributed by atoms with E-state index in [1.165, 1.54) is 0 Å². The molecule has 0 aromatic carbocycles. The number of hydrogen-bond acceptors (Lipinski definition) is 6. The molecule has 0 aliphatic rings. The van der Waals surface area contributed by atoms with Gasteiger partial charge in [-0.1, -0.05) is 27.4 Å². The van der Waals surface area contributed by atoms with Gasteiger partial charge in [-0.25, -0.2) is 4.79 Å². The van der Waals surface area contributed by atoms with Crippen LogP contribution >= 0.6 is 0 Å². The van der Waals surface area contributed by atoms with Gasteiger partial charge in [0, 0.05) is 43.5 Å². The van der Waals surface area contributed by atoms with E-state index in [-0.39, 0.29) is 17.4 Å². The highest BCUT2D eigenvalue weighted by atomic mass is 16.5. The van der Waals surface area contributed by atoms with Crippen molar-refractivity contribution in [3.8, 4) is 0 Å². The van der Waals surface area contributed by atoms with Crippen LogP contribution in [-0.4, -0.2) is 51.6 Å². The quantitative estimate of drug-likeness (QED) is 0.274. The van der Waals surface area contributed by atoms with Crippen LogP contribution in [0.15, 0.2) is 12.2 Å². The van der Waals surface area contributed by atoms with Gasteiger partial charge in [0.25, 0.3) is 0 Å². The molecule has 0 N–H and O–H groups in total. The fourth-order valence-corrected chi connectivity index (χ4v) is 1.64. The Bertz CT molecular complexity index is 389. The molecule has 0 rings (SSSR count). The average Bonchev–Trinajstić information content (AvgIpc) is 2.53. The fraction of sp³-hybridized carbons (Fsp3) is 0.778. The Hall–Kier alpha value is -1.40. The molecule has 0 aromatic rings. The summed E-state index contributed by atoms with van der Waals surface area (Å²) in [7, 11) is 0. The molecule has 0 bridgehead atoms. The van der Waals surface area contributed by atoms with Crippen LogP contribution in [0.1, 0.15) is 47.0 Å². The molecule has 0 aliphatic heterocycles. The summed E-state index contributed by atoms with van der Waals surface area (Å²) in [6.07, 6.45) is 1.74. The smallest absolute Gasteiger partial charge is 0.333 e. The van der Waals surface area contributed by atoms with Crippen molar-refractivity contribution >= 4 is 11.9 Å². The van der Waals surface area contributed by atoms with Gasteiger partial charge in [-0.3, -0.25) is 4.79 Å². The molecule has 6 nitrogen and oxygen atoms in total. The second-order valence-corrected chi connectivity index (χ2v) is 6.47. The average molecular weight is 344 g/mol. The summed E-state index contributed by atoms with van der Waals surface area (Å²) in [5, 5.41) is 0. The third kappa shape index (κ3) is 13.1. The molecule has 0 saturated carbocycles. The maximum Gasteiger partial charge on any atom is 0.333 e. The summed E-state index contributed by atoms with van der Waals surface area (Å²) in [5.41, 5.74) is 0.299. The molecule has 0 unspecified atom stereocenters. The minimum atomic E-state index is -0.367. The molecular formula is C18H32O6. The Morgan fingerprint density at radius 1 is 0.917 bits per heavy atom. The van der Waals surface area contributed by atoms with Crippen molar-refractivity contribution in [3.63, 3.8) is 0 Å². The molecule has 0 aromatic heterocycles. The van der Waals surface area contributed by atoms with Gasteiger partial charge in [-0.2, -0.15) is 0 Å². The van der Waals surface area contributed by atoms with E-state index < -0.39 is 0 Å². The lowest BCUT2D eigenvalue weighted by Gasteiger charge is -2.24. The van der Waals surface area contributed by atoms with Gasteiger partial charge in [0.05, 0.1) is 26.4 Å².